The number of hydrogen-bond donors (Lipinski definition) is 1. The summed E-state index contributed by atoms with van der Waals surface area (Å²) in [7, 11) is 0. The molecule has 1 unspecified atom stereocenters. The normalized spacial score (nSPS) is 25.4. The van der Waals surface area contributed by atoms with Gasteiger partial charge in [-0.15, -0.1) is 0 Å². The molecule has 3 rings (SSSR count). The second-order valence-electron chi connectivity index (χ2n) is 4.17. The van der Waals surface area contributed by atoms with Crippen molar-refractivity contribution in [3.63, 3.8) is 0 Å². The molecular weight excluding hydrogens is 258 g/mol. The van der Waals surface area contributed by atoms with Gasteiger partial charge in [-0.2, -0.15) is 0 Å². The van der Waals surface area contributed by atoms with Gasteiger partial charge >= 0.3 is 17.9 Å². The van der Waals surface area contributed by atoms with Crippen molar-refractivity contribution in [3.8, 4) is 17.4 Å². The third kappa shape index (κ3) is 1.82. The third-order valence-corrected chi connectivity index (χ3v) is 2.72. The van der Waals surface area contributed by atoms with Crippen molar-refractivity contribution in [1.29, 1.82) is 0 Å². The zero-order chi connectivity index (χ0) is 13.6. The number of fused-ring (bicyclic) bond motifs is 2. The van der Waals surface area contributed by atoms with Gasteiger partial charge in [-0.25, -0.2) is 9.78 Å². The molecule has 0 spiro atoms. The zero-order valence-electron chi connectivity index (χ0n) is 9.41. The van der Waals surface area contributed by atoms with Gasteiger partial charge in [-0.05, 0) is 0 Å². The first kappa shape index (κ1) is 11.6. The summed E-state index contributed by atoms with van der Waals surface area (Å²) in [4.78, 5) is 38.7. The first-order chi connectivity index (χ1) is 8.98. The van der Waals surface area contributed by atoms with E-state index in [4.69, 9.17) is 14.2 Å². The van der Waals surface area contributed by atoms with Gasteiger partial charge in [0.05, 0.1) is 12.8 Å². The SMILES string of the molecule is O=C1CC2(O)CC(=O)Oc3nccc(c3OC2=O)O1. The van der Waals surface area contributed by atoms with Crippen LogP contribution in [0, 0.1) is 0 Å². The molecule has 1 aromatic heterocycles. The van der Waals surface area contributed by atoms with Crippen molar-refractivity contribution in [2.24, 2.45) is 0 Å². The fourth-order valence-corrected chi connectivity index (χ4v) is 1.83. The minimum absolute atomic E-state index is 0.0971. The smallest absolute Gasteiger partial charge is 0.345 e. The minimum Gasteiger partial charge on any atom is -0.422 e. The Bertz CT molecular complexity index is 571. The number of aliphatic hydroxyl groups is 1. The fourth-order valence-electron chi connectivity index (χ4n) is 1.83. The van der Waals surface area contributed by atoms with Crippen LogP contribution in [-0.4, -0.2) is 33.6 Å². The molecule has 0 amide bonds. The highest BCUT2D eigenvalue weighted by Crippen LogP contribution is 2.40. The van der Waals surface area contributed by atoms with E-state index in [1.807, 2.05) is 0 Å². The molecule has 0 saturated carbocycles. The van der Waals surface area contributed by atoms with Crippen LogP contribution in [-0.2, 0) is 14.4 Å². The lowest BCUT2D eigenvalue weighted by molar-refractivity contribution is -0.170. The number of esters is 3. The van der Waals surface area contributed by atoms with E-state index >= 15 is 0 Å². The molecule has 19 heavy (non-hydrogen) atoms. The molecular formula is C11H7NO7. The zero-order valence-corrected chi connectivity index (χ0v) is 9.41. The number of pyridine rings is 1. The second kappa shape index (κ2) is 3.75. The van der Waals surface area contributed by atoms with Gasteiger partial charge in [0.15, 0.2) is 11.4 Å². The highest BCUT2D eigenvalue weighted by Gasteiger charge is 2.47. The summed E-state index contributed by atoms with van der Waals surface area (Å²) in [5.74, 6) is -3.54. The Hall–Kier alpha value is -2.48. The molecule has 0 saturated heterocycles. The number of carbonyl (C=O) groups is 3. The average molecular weight is 265 g/mol. The third-order valence-electron chi connectivity index (χ3n) is 2.72. The van der Waals surface area contributed by atoms with Crippen LogP contribution in [0.25, 0.3) is 0 Å². The molecule has 8 heteroatoms. The molecule has 1 aromatic rings. The highest BCUT2D eigenvalue weighted by molar-refractivity contribution is 5.94. The average Bonchev–Trinajstić information content (AvgIpc) is 2.29. The van der Waals surface area contributed by atoms with Crippen LogP contribution in [0.15, 0.2) is 12.3 Å². The van der Waals surface area contributed by atoms with Crippen LogP contribution >= 0.6 is 0 Å². The van der Waals surface area contributed by atoms with Crippen molar-refractivity contribution in [2.75, 3.05) is 0 Å². The Morgan fingerprint density at radius 1 is 1.11 bits per heavy atom. The summed E-state index contributed by atoms with van der Waals surface area (Å²) >= 11 is 0. The van der Waals surface area contributed by atoms with Crippen LogP contribution in [0.3, 0.4) is 0 Å². The van der Waals surface area contributed by atoms with Crippen LogP contribution in [0.2, 0.25) is 0 Å². The molecule has 2 bridgehead atoms. The van der Waals surface area contributed by atoms with Crippen molar-refractivity contribution < 1.29 is 33.7 Å². The summed E-state index contributed by atoms with van der Waals surface area (Å²) in [6, 6.07) is 1.28. The molecule has 1 N–H and O–H groups in total. The van der Waals surface area contributed by atoms with E-state index < -0.39 is 36.4 Å². The number of hydrogen-bond acceptors (Lipinski definition) is 8. The standard InChI is InChI=1S/C11H7NO7/c13-6-3-11(16)4-7(14)18-9-8(19-10(11)15)5(17-6)1-2-12-9/h1-2,16H,3-4H2. The molecule has 98 valence electrons. The summed E-state index contributed by atoms with van der Waals surface area (Å²) in [5, 5.41) is 10.0. The largest absolute Gasteiger partial charge is 0.422 e. The van der Waals surface area contributed by atoms with E-state index in [0.717, 1.165) is 0 Å². The van der Waals surface area contributed by atoms with Crippen LogP contribution in [0.5, 0.6) is 17.4 Å². The Labute approximate surface area is 105 Å². The maximum Gasteiger partial charge on any atom is 0.345 e. The molecule has 0 radical (unpaired) electrons. The van der Waals surface area contributed by atoms with E-state index in [0.29, 0.717) is 0 Å². The van der Waals surface area contributed by atoms with Gasteiger partial charge < -0.3 is 19.3 Å². The van der Waals surface area contributed by atoms with Crippen LogP contribution < -0.4 is 14.2 Å². The summed E-state index contributed by atoms with van der Waals surface area (Å²) in [6.45, 7) is 0. The molecule has 0 aromatic carbocycles. The van der Waals surface area contributed by atoms with Crippen molar-refractivity contribution in [1.82, 2.24) is 4.98 Å². The predicted molar refractivity (Wildman–Crippen MR) is 55.3 cm³/mol. The van der Waals surface area contributed by atoms with Gasteiger partial charge in [0, 0.05) is 12.3 Å². The molecule has 2 aliphatic rings. The van der Waals surface area contributed by atoms with Gasteiger partial charge in [0.25, 0.3) is 5.88 Å². The molecule has 0 aliphatic carbocycles. The van der Waals surface area contributed by atoms with Crippen molar-refractivity contribution in [2.45, 2.75) is 18.4 Å². The van der Waals surface area contributed by atoms with E-state index in [1.54, 1.807) is 0 Å². The molecule has 3 heterocycles. The lowest BCUT2D eigenvalue weighted by Crippen LogP contribution is -2.48. The van der Waals surface area contributed by atoms with Gasteiger partial charge in [0.2, 0.25) is 5.75 Å². The van der Waals surface area contributed by atoms with Crippen LogP contribution in [0.4, 0.5) is 0 Å². The number of nitrogens with zero attached hydrogens (tertiary/aromatic N) is 1. The monoisotopic (exact) mass is 265 g/mol. The summed E-state index contributed by atoms with van der Waals surface area (Å²) < 4.78 is 14.7. The Morgan fingerprint density at radius 3 is 2.53 bits per heavy atom. The number of ether oxygens (including phenoxy) is 3. The molecule has 0 fully saturated rings. The Morgan fingerprint density at radius 2 is 1.79 bits per heavy atom. The topological polar surface area (TPSA) is 112 Å². The van der Waals surface area contributed by atoms with Gasteiger partial charge in [-0.1, -0.05) is 0 Å². The number of aromatic nitrogens is 1. The second-order valence-corrected chi connectivity index (χ2v) is 4.17. The maximum absolute atomic E-state index is 11.8. The van der Waals surface area contributed by atoms with E-state index in [9.17, 15) is 19.5 Å². The van der Waals surface area contributed by atoms with E-state index in [-0.39, 0.29) is 17.4 Å². The van der Waals surface area contributed by atoms with Gasteiger partial charge in [-0.3, -0.25) is 9.59 Å². The summed E-state index contributed by atoms with van der Waals surface area (Å²) in [6.07, 6.45) is -0.178. The molecule has 8 nitrogen and oxygen atoms in total. The first-order valence-electron chi connectivity index (χ1n) is 5.33. The number of carbonyl (C=O) groups excluding carboxylic acids is 3. The molecule has 1 atom stereocenters. The van der Waals surface area contributed by atoms with E-state index in [2.05, 4.69) is 4.98 Å². The maximum atomic E-state index is 11.8. The fraction of sp³-hybridized carbons (Fsp3) is 0.273. The summed E-state index contributed by atoms with van der Waals surface area (Å²) in [5.41, 5.74) is -2.29. The molecule has 2 aliphatic heterocycles. The predicted octanol–water partition coefficient (Wildman–Crippen LogP) is -0.664. The van der Waals surface area contributed by atoms with Crippen LogP contribution in [0.1, 0.15) is 12.8 Å². The first-order valence-corrected chi connectivity index (χ1v) is 5.33. The lowest BCUT2D eigenvalue weighted by Gasteiger charge is -2.29. The Kier molecular flexibility index (Phi) is 2.29. The quantitative estimate of drug-likeness (QED) is 0.615. The van der Waals surface area contributed by atoms with Crippen molar-refractivity contribution >= 4 is 17.9 Å². The lowest BCUT2D eigenvalue weighted by atomic mass is 9.95. The van der Waals surface area contributed by atoms with E-state index in [1.165, 1.54) is 12.3 Å². The minimum atomic E-state index is -2.29. The van der Waals surface area contributed by atoms with Crippen molar-refractivity contribution in [3.05, 3.63) is 12.3 Å². The highest BCUT2D eigenvalue weighted by atomic mass is 16.6. The Balaban J connectivity index is 2.24. The number of rotatable bonds is 0. The van der Waals surface area contributed by atoms with Gasteiger partial charge in [0.1, 0.15) is 0 Å².